The standard InChI is InChI=1S/C4H6As2N2S/c5-2-1-3(6)8-4(9)7-2/h1H,5-6H2,(H,7,8,9). The summed E-state index contributed by atoms with van der Waals surface area (Å²) in [6.45, 7) is 0. The van der Waals surface area contributed by atoms with Gasteiger partial charge in [0.2, 0.25) is 0 Å². The summed E-state index contributed by atoms with van der Waals surface area (Å²) < 4.78 is 2.09. The Morgan fingerprint density at radius 1 is 1.22 bits per heavy atom. The Morgan fingerprint density at radius 3 is 2.00 bits per heavy atom. The van der Waals surface area contributed by atoms with Crippen molar-refractivity contribution in [2.24, 2.45) is 0 Å². The quantitative estimate of drug-likeness (QED) is 0.313. The zero-order valence-electron chi connectivity index (χ0n) is 4.57. The summed E-state index contributed by atoms with van der Waals surface area (Å²) in [5, 5.41) is 0.580. The molecule has 0 fully saturated rings. The third-order valence-corrected chi connectivity index (χ3v) is 2.20. The Labute approximate surface area is 76.3 Å². The van der Waals surface area contributed by atoms with E-state index in [1.165, 1.54) is 33.7 Å². The molecular weight excluding hydrogens is 258 g/mol. The van der Waals surface area contributed by atoms with Crippen molar-refractivity contribution in [1.82, 2.24) is 9.97 Å². The molecule has 0 saturated heterocycles. The fourth-order valence-corrected chi connectivity index (χ4v) is 3.24. The maximum atomic E-state index is 4.03. The van der Waals surface area contributed by atoms with Gasteiger partial charge in [0.1, 0.15) is 0 Å². The zero-order valence-corrected chi connectivity index (χ0v) is 10.3. The fourth-order valence-electron chi connectivity index (χ4n) is 0.472. The molecule has 0 N–H and O–H groups in total. The second-order valence-electron chi connectivity index (χ2n) is 1.52. The van der Waals surface area contributed by atoms with Crippen LogP contribution < -0.4 is 8.96 Å². The van der Waals surface area contributed by atoms with Crippen LogP contribution in [-0.2, 0) is 0 Å². The normalized spacial score (nSPS) is 9.67. The molecule has 0 radical (unpaired) electrons. The molecule has 0 aliphatic carbocycles. The first kappa shape index (κ1) is 7.65. The van der Waals surface area contributed by atoms with Gasteiger partial charge in [-0.25, -0.2) is 0 Å². The Morgan fingerprint density at radius 2 is 1.67 bits per heavy atom. The van der Waals surface area contributed by atoms with Crippen LogP contribution in [0.15, 0.2) is 11.2 Å². The van der Waals surface area contributed by atoms with Crippen molar-refractivity contribution in [2.45, 2.75) is 5.16 Å². The summed E-state index contributed by atoms with van der Waals surface area (Å²) in [7, 11) is 0. The minimum atomic E-state index is 0.580. The Hall–Kier alpha value is 0.547. The van der Waals surface area contributed by atoms with E-state index in [0.29, 0.717) is 5.16 Å². The molecule has 0 aliphatic rings. The van der Waals surface area contributed by atoms with Gasteiger partial charge in [0.25, 0.3) is 0 Å². The summed E-state index contributed by atoms with van der Waals surface area (Å²) in [6.07, 6.45) is 0. The van der Waals surface area contributed by atoms with E-state index in [2.05, 4.69) is 22.6 Å². The Bertz CT molecular complexity index is 177. The van der Waals surface area contributed by atoms with Crippen LogP contribution in [0.5, 0.6) is 0 Å². The number of nitrogens with zero attached hydrogens (tertiary/aromatic N) is 2. The second kappa shape index (κ2) is 3.09. The van der Waals surface area contributed by atoms with Crippen LogP contribution in [0.25, 0.3) is 0 Å². The van der Waals surface area contributed by atoms with Crippen molar-refractivity contribution in [3.8, 4) is 0 Å². The molecule has 2 nitrogen and oxygen atoms in total. The van der Waals surface area contributed by atoms with Gasteiger partial charge < -0.3 is 0 Å². The zero-order chi connectivity index (χ0) is 6.85. The Balaban J connectivity index is 3.17. The minimum absolute atomic E-state index is 0.580. The molecule has 0 saturated carbocycles. The van der Waals surface area contributed by atoms with E-state index < -0.39 is 0 Å². The van der Waals surface area contributed by atoms with Crippen LogP contribution >= 0.6 is 12.6 Å². The van der Waals surface area contributed by atoms with E-state index in [9.17, 15) is 0 Å². The van der Waals surface area contributed by atoms with Crippen LogP contribution in [0.2, 0.25) is 0 Å². The van der Waals surface area contributed by atoms with Gasteiger partial charge in [-0.1, -0.05) is 0 Å². The monoisotopic (exact) mass is 264 g/mol. The van der Waals surface area contributed by atoms with Crippen molar-refractivity contribution >= 4 is 55.3 Å². The SMILES string of the molecule is Sc1nc([AsH2])cc([AsH2])n1. The third kappa shape index (κ3) is 2.33. The molecular formula is C4H6As2N2S. The molecule has 0 bridgehead atoms. The van der Waals surface area contributed by atoms with Crippen molar-refractivity contribution < 1.29 is 0 Å². The summed E-state index contributed by atoms with van der Waals surface area (Å²) in [4.78, 5) is 8.05. The molecule has 1 aromatic rings. The van der Waals surface area contributed by atoms with Gasteiger partial charge in [-0.05, 0) is 0 Å². The first-order chi connectivity index (χ1) is 4.18. The van der Waals surface area contributed by atoms with E-state index in [1.807, 2.05) is 6.07 Å². The van der Waals surface area contributed by atoms with Gasteiger partial charge in [0.05, 0.1) is 0 Å². The molecule has 1 aromatic heterocycles. The molecule has 5 heteroatoms. The topological polar surface area (TPSA) is 25.8 Å². The van der Waals surface area contributed by atoms with Crippen LogP contribution in [0.3, 0.4) is 0 Å². The first-order valence-corrected chi connectivity index (χ1v) is 5.14. The number of hydrogen-bond acceptors (Lipinski definition) is 3. The second-order valence-corrected chi connectivity index (χ2v) is 4.40. The number of thiol groups is 1. The molecule has 0 amide bonds. The van der Waals surface area contributed by atoms with Gasteiger partial charge in [0, 0.05) is 0 Å². The van der Waals surface area contributed by atoms with Crippen LogP contribution in [0, 0.1) is 0 Å². The van der Waals surface area contributed by atoms with Crippen molar-refractivity contribution in [3.05, 3.63) is 6.07 Å². The molecule has 0 spiro atoms. The molecule has 2 atom stereocenters. The number of aromatic nitrogens is 2. The molecule has 9 heavy (non-hydrogen) atoms. The molecule has 0 aromatic carbocycles. The summed E-state index contributed by atoms with van der Waals surface area (Å²) >= 11 is 7.03. The summed E-state index contributed by atoms with van der Waals surface area (Å²) in [6, 6.07) is 1.97. The third-order valence-electron chi connectivity index (χ3n) is 0.754. The average molecular weight is 264 g/mol. The van der Waals surface area contributed by atoms with Crippen molar-refractivity contribution in [3.63, 3.8) is 0 Å². The van der Waals surface area contributed by atoms with E-state index in [0.717, 1.165) is 8.96 Å². The summed E-state index contributed by atoms with van der Waals surface area (Å²) in [5.41, 5.74) is 0. The molecule has 0 aliphatic heterocycles. The predicted molar refractivity (Wildman–Crippen MR) is 45.6 cm³/mol. The van der Waals surface area contributed by atoms with Crippen molar-refractivity contribution in [1.29, 1.82) is 0 Å². The van der Waals surface area contributed by atoms with E-state index in [-0.39, 0.29) is 0 Å². The summed E-state index contributed by atoms with van der Waals surface area (Å²) in [5.74, 6) is 0. The van der Waals surface area contributed by atoms with Gasteiger partial charge in [-0.15, -0.1) is 0 Å². The van der Waals surface area contributed by atoms with Gasteiger partial charge >= 0.3 is 76.5 Å². The molecule has 48 valence electrons. The Kier molecular flexibility index (Phi) is 2.63. The molecule has 1 rings (SSSR count). The van der Waals surface area contributed by atoms with E-state index in [1.54, 1.807) is 0 Å². The van der Waals surface area contributed by atoms with Crippen LogP contribution in [-0.4, -0.2) is 43.7 Å². The number of hydrogen-bond donors (Lipinski definition) is 1. The van der Waals surface area contributed by atoms with E-state index in [4.69, 9.17) is 0 Å². The molecule has 2 unspecified atom stereocenters. The predicted octanol–water partition coefficient (Wildman–Crippen LogP) is -2.72. The van der Waals surface area contributed by atoms with Crippen LogP contribution in [0.1, 0.15) is 0 Å². The van der Waals surface area contributed by atoms with E-state index >= 15 is 0 Å². The molecule has 1 heterocycles. The average Bonchev–Trinajstić information content (AvgIpc) is 1.59. The van der Waals surface area contributed by atoms with Crippen molar-refractivity contribution in [2.75, 3.05) is 0 Å². The van der Waals surface area contributed by atoms with Gasteiger partial charge in [0.15, 0.2) is 0 Å². The fraction of sp³-hybridized carbons (Fsp3) is 0. The first-order valence-electron chi connectivity index (χ1n) is 2.27. The van der Waals surface area contributed by atoms with Gasteiger partial charge in [-0.2, -0.15) is 0 Å². The number of rotatable bonds is 0. The van der Waals surface area contributed by atoms with Crippen LogP contribution in [0.4, 0.5) is 0 Å². The van der Waals surface area contributed by atoms with Gasteiger partial charge in [-0.3, -0.25) is 0 Å². The maximum absolute atomic E-state index is 4.03.